The first-order valence-electron chi connectivity index (χ1n) is 7.71. The molecule has 0 aliphatic rings. The van der Waals surface area contributed by atoms with Crippen molar-refractivity contribution in [3.63, 3.8) is 0 Å². The van der Waals surface area contributed by atoms with Crippen molar-refractivity contribution in [2.75, 3.05) is 0 Å². The number of thiocarbonyl (C=S) groups is 1. The van der Waals surface area contributed by atoms with Gasteiger partial charge in [-0.15, -0.1) is 0 Å². The number of hydrazone groups is 2. The van der Waals surface area contributed by atoms with Crippen molar-refractivity contribution in [3.8, 4) is 0 Å². The summed E-state index contributed by atoms with van der Waals surface area (Å²) in [6.45, 7) is 1.69. The van der Waals surface area contributed by atoms with Crippen molar-refractivity contribution in [2.45, 2.75) is 6.92 Å². The second-order valence-corrected chi connectivity index (χ2v) is 5.66. The van der Waals surface area contributed by atoms with E-state index in [1.165, 1.54) is 6.21 Å². The van der Waals surface area contributed by atoms with Gasteiger partial charge in [-0.1, -0.05) is 24.3 Å². The first-order chi connectivity index (χ1) is 12.6. The lowest BCUT2D eigenvalue weighted by atomic mass is 10.1. The number of hydrogen-bond donors (Lipinski definition) is 2. The number of para-hydroxylation sites is 1. The van der Waals surface area contributed by atoms with E-state index < -0.39 is 5.63 Å². The highest BCUT2D eigenvalue weighted by Gasteiger charge is 2.08. The lowest BCUT2D eigenvalue weighted by Crippen LogP contribution is -2.29. The SMILES string of the molecule is CC(=NNC(=S)NN=Cc1ccccn1)c1cc2ccccc2oc1=O. The molecule has 0 radical (unpaired) electrons. The van der Waals surface area contributed by atoms with E-state index in [4.69, 9.17) is 16.6 Å². The van der Waals surface area contributed by atoms with Gasteiger partial charge in [0.15, 0.2) is 0 Å². The van der Waals surface area contributed by atoms with Crippen LogP contribution in [0.2, 0.25) is 0 Å². The van der Waals surface area contributed by atoms with Crippen LogP contribution in [0.1, 0.15) is 18.2 Å². The Labute approximate surface area is 154 Å². The van der Waals surface area contributed by atoms with Gasteiger partial charge in [-0.3, -0.25) is 15.8 Å². The molecule has 0 saturated carbocycles. The van der Waals surface area contributed by atoms with Gasteiger partial charge >= 0.3 is 5.63 Å². The molecule has 0 fully saturated rings. The average Bonchev–Trinajstić information content (AvgIpc) is 2.66. The van der Waals surface area contributed by atoms with Crippen molar-refractivity contribution < 1.29 is 4.42 Å². The van der Waals surface area contributed by atoms with Gasteiger partial charge in [0.2, 0.25) is 5.11 Å². The molecule has 1 aromatic carbocycles. The third-order valence-electron chi connectivity index (χ3n) is 3.41. The number of fused-ring (bicyclic) bond motifs is 1. The molecule has 2 N–H and O–H groups in total. The number of aromatic nitrogens is 1. The zero-order chi connectivity index (χ0) is 18.4. The molecule has 2 aromatic heterocycles. The largest absolute Gasteiger partial charge is 0.422 e. The molecule has 0 atom stereocenters. The van der Waals surface area contributed by atoms with Gasteiger partial charge in [0.25, 0.3) is 0 Å². The van der Waals surface area contributed by atoms with E-state index in [-0.39, 0.29) is 5.11 Å². The normalized spacial score (nSPS) is 11.7. The maximum atomic E-state index is 12.1. The molecule has 0 aliphatic carbocycles. The quantitative estimate of drug-likeness (QED) is 0.319. The van der Waals surface area contributed by atoms with Crippen LogP contribution in [0.25, 0.3) is 11.0 Å². The molecule has 0 spiro atoms. The van der Waals surface area contributed by atoms with E-state index in [0.717, 1.165) is 5.39 Å². The average molecular weight is 365 g/mol. The van der Waals surface area contributed by atoms with Crippen LogP contribution in [0.5, 0.6) is 0 Å². The fraction of sp³-hybridized carbons (Fsp3) is 0.0556. The predicted octanol–water partition coefficient (Wildman–Crippen LogP) is 2.41. The minimum atomic E-state index is -0.459. The van der Waals surface area contributed by atoms with E-state index in [9.17, 15) is 4.79 Å². The van der Waals surface area contributed by atoms with Gasteiger partial charge in [0.05, 0.1) is 23.2 Å². The topological polar surface area (TPSA) is 91.9 Å². The van der Waals surface area contributed by atoms with Crippen molar-refractivity contribution in [3.05, 3.63) is 76.4 Å². The van der Waals surface area contributed by atoms with E-state index in [1.807, 2.05) is 36.4 Å². The van der Waals surface area contributed by atoms with Crippen molar-refractivity contribution >= 4 is 40.2 Å². The van der Waals surface area contributed by atoms with Crippen molar-refractivity contribution in [1.29, 1.82) is 0 Å². The highest BCUT2D eigenvalue weighted by molar-refractivity contribution is 7.80. The molecule has 7 nitrogen and oxygen atoms in total. The van der Waals surface area contributed by atoms with Crippen LogP contribution in [0, 0.1) is 0 Å². The number of hydrogen-bond acceptors (Lipinski definition) is 6. The van der Waals surface area contributed by atoms with Gasteiger partial charge < -0.3 is 4.42 Å². The standard InChI is InChI=1S/C18H15N5O2S/c1-12(15-10-13-6-2-3-8-16(13)25-17(15)24)21-23-18(26)22-20-11-14-7-4-5-9-19-14/h2-11H,1H3,(H2,22,23,26). The minimum Gasteiger partial charge on any atom is -0.422 e. The zero-order valence-corrected chi connectivity index (χ0v) is 14.7. The molecule has 130 valence electrons. The van der Waals surface area contributed by atoms with Crippen LogP contribution in [-0.4, -0.2) is 22.0 Å². The maximum absolute atomic E-state index is 12.1. The second-order valence-electron chi connectivity index (χ2n) is 5.25. The number of nitrogens with zero attached hydrogens (tertiary/aromatic N) is 3. The molecular formula is C18H15N5O2S. The predicted molar refractivity (Wildman–Crippen MR) is 105 cm³/mol. The molecule has 0 aliphatic heterocycles. The Kier molecular flexibility index (Phi) is 5.45. The molecule has 8 heteroatoms. The summed E-state index contributed by atoms with van der Waals surface area (Å²) in [7, 11) is 0. The van der Waals surface area contributed by atoms with Crippen LogP contribution in [0.15, 0.2) is 74.1 Å². The zero-order valence-electron chi connectivity index (χ0n) is 13.8. The van der Waals surface area contributed by atoms with Crippen molar-refractivity contribution in [2.24, 2.45) is 10.2 Å². The summed E-state index contributed by atoms with van der Waals surface area (Å²) < 4.78 is 5.29. The van der Waals surface area contributed by atoms with Gasteiger partial charge in [-0.05, 0) is 43.4 Å². The Morgan fingerprint density at radius 1 is 1.19 bits per heavy atom. The van der Waals surface area contributed by atoms with Gasteiger partial charge in [0.1, 0.15) is 5.58 Å². The summed E-state index contributed by atoms with van der Waals surface area (Å²) in [5.41, 5.74) is 6.83. The Hall–Kier alpha value is -3.39. The molecule has 3 aromatic rings. The monoisotopic (exact) mass is 365 g/mol. The van der Waals surface area contributed by atoms with Crippen LogP contribution in [-0.2, 0) is 0 Å². The summed E-state index contributed by atoms with van der Waals surface area (Å²) in [6.07, 6.45) is 3.20. The lowest BCUT2D eigenvalue weighted by Gasteiger charge is -2.04. The summed E-state index contributed by atoms with van der Waals surface area (Å²) in [6, 6.07) is 14.5. The smallest absolute Gasteiger partial charge is 0.345 e. The third kappa shape index (κ3) is 4.37. The molecule has 0 unspecified atom stereocenters. The first-order valence-corrected chi connectivity index (χ1v) is 8.12. The van der Waals surface area contributed by atoms with Gasteiger partial charge in [0, 0.05) is 11.6 Å². The molecular weight excluding hydrogens is 350 g/mol. The van der Waals surface area contributed by atoms with Crippen molar-refractivity contribution in [1.82, 2.24) is 15.8 Å². The lowest BCUT2D eigenvalue weighted by molar-refractivity contribution is 0.559. The fourth-order valence-corrected chi connectivity index (χ4v) is 2.24. The molecule has 0 bridgehead atoms. The summed E-state index contributed by atoms with van der Waals surface area (Å²) >= 11 is 5.08. The Morgan fingerprint density at radius 3 is 2.81 bits per heavy atom. The van der Waals surface area contributed by atoms with Crippen LogP contribution in [0.4, 0.5) is 0 Å². The fourth-order valence-electron chi connectivity index (χ4n) is 2.14. The summed E-state index contributed by atoms with van der Waals surface area (Å²) in [4.78, 5) is 16.2. The van der Waals surface area contributed by atoms with Crippen LogP contribution >= 0.6 is 12.2 Å². The van der Waals surface area contributed by atoms with E-state index in [1.54, 1.807) is 25.3 Å². The second kappa shape index (κ2) is 8.13. The Morgan fingerprint density at radius 2 is 2.00 bits per heavy atom. The third-order valence-corrected chi connectivity index (χ3v) is 3.59. The van der Waals surface area contributed by atoms with E-state index in [0.29, 0.717) is 22.6 Å². The van der Waals surface area contributed by atoms with Crippen LogP contribution < -0.4 is 16.5 Å². The Bertz CT molecular complexity index is 1040. The number of nitrogens with one attached hydrogen (secondary N) is 2. The van der Waals surface area contributed by atoms with Gasteiger partial charge in [-0.2, -0.15) is 10.2 Å². The maximum Gasteiger partial charge on any atom is 0.345 e. The highest BCUT2D eigenvalue weighted by Crippen LogP contribution is 2.12. The minimum absolute atomic E-state index is 0.182. The summed E-state index contributed by atoms with van der Waals surface area (Å²) in [5, 5.41) is 9.06. The molecule has 26 heavy (non-hydrogen) atoms. The molecule has 0 amide bonds. The number of rotatable bonds is 4. The molecule has 3 rings (SSSR count). The highest BCUT2D eigenvalue weighted by atomic mass is 32.1. The van der Waals surface area contributed by atoms with E-state index in [2.05, 4.69) is 26.0 Å². The summed E-state index contributed by atoms with van der Waals surface area (Å²) in [5.74, 6) is 0. The number of pyridine rings is 1. The van der Waals surface area contributed by atoms with E-state index >= 15 is 0 Å². The molecule has 0 saturated heterocycles. The Balaban J connectivity index is 1.66. The van der Waals surface area contributed by atoms with Gasteiger partial charge in [-0.25, -0.2) is 4.79 Å². The van der Waals surface area contributed by atoms with Crippen LogP contribution in [0.3, 0.4) is 0 Å². The molecule has 2 heterocycles. The number of benzene rings is 1. The first kappa shape index (κ1) is 17.4.